The second-order valence-corrected chi connectivity index (χ2v) is 9.65. The van der Waals surface area contributed by atoms with Crippen LogP contribution in [0.25, 0.3) is 11.1 Å². The number of carbonyl (C=O) groups excluding carboxylic acids is 2. The topological polar surface area (TPSA) is 132 Å². The number of carbonyl (C=O) groups is 2. The molecule has 0 atom stereocenters. The van der Waals surface area contributed by atoms with Gasteiger partial charge in [0.2, 0.25) is 0 Å². The van der Waals surface area contributed by atoms with Gasteiger partial charge in [-0.05, 0) is 72.3 Å². The van der Waals surface area contributed by atoms with Crippen molar-refractivity contribution in [3.63, 3.8) is 0 Å². The molecular formula is C31H28N6O4. The van der Waals surface area contributed by atoms with E-state index in [0.29, 0.717) is 39.3 Å². The Morgan fingerprint density at radius 3 is 1.93 bits per heavy atom. The van der Waals surface area contributed by atoms with Crippen molar-refractivity contribution in [2.24, 2.45) is 0 Å². The SMILES string of the molecule is CN(C)c1ccc(NC(=O)c2ccc(-c3ccc(C(=O)Nc4ccc(N(C)C)c(C#N)c4)cc3[N+](=O)[O-])cc2)cc1. The van der Waals surface area contributed by atoms with Crippen LogP contribution in [0.5, 0.6) is 0 Å². The van der Waals surface area contributed by atoms with Gasteiger partial charge in [0.05, 0.1) is 21.7 Å². The first-order valence-electron chi connectivity index (χ1n) is 12.6. The first-order valence-corrected chi connectivity index (χ1v) is 12.6. The van der Waals surface area contributed by atoms with E-state index in [1.165, 1.54) is 18.2 Å². The van der Waals surface area contributed by atoms with Crippen LogP contribution in [0.4, 0.5) is 28.4 Å². The van der Waals surface area contributed by atoms with Gasteiger partial charge in [-0.1, -0.05) is 12.1 Å². The van der Waals surface area contributed by atoms with Crippen molar-refractivity contribution in [2.75, 3.05) is 48.6 Å². The average Bonchev–Trinajstić information content (AvgIpc) is 2.96. The van der Waals surface area contributed by atoms with Gasteiger partial charge >= 0.3 is 0 Å². The number of hydrogen-bond acceptors (Lipinski definition) is 7. The lowest BCUT2D eigenvalue weighted by Crippen LogP contribution is -2.14. The Kier molecular flexibility index (Phi) is 8.29. The molecule has 10 nitrogen and oxygen atoms in total. The molecule has 0 unspecified atom stereocenters. The van der Waals surface area contributed by atoms with E-state index in [4.69, 9.17) is 0 Å². The zero-order chi connectivity index (χ0) is 29.7. The lowest BCUT2D eigenvalue weighted by Gasteiger charge is -2.15. The fraction of sp³-hybridized carbons (Fsp3) is 0.129. The number of rotatable bonds is 8. The summed E-state index contributed by atoms with van der Waals surface area (Å²) in [6.45, 7) is 0. The van der Waals surface area contributed by atoms with E-state index >= 15 is 0 Å². The van der Waals surface area contributed by atoms with E-state index in [-0.39, 0.29) is 17.2 Å². The third-order valence-corrected chi connectivity index (χ3v) is 6.41. The van der Waals surface area contributed by atoms with Crippen LogP contribution in [0.3, 0.4) is 0 Å². The molecule has 0 aliphatic rings. The molecule has 0 saturated heterocycles. The number of nitro benzene ring substituents is 1. The van der Waals surface area contributed by atoms with Crippen molar-refractivity contribution in [1.82, 2.24) is 0 Å². The summed E-state index contributed by atoms with van der Waals surface area (Å²) in [6, 6.07) is 25.1. The van der Waals surface area contributed by atoms with Crippen molar-refractivity contribution < 1.29 is 14.5 Å². The number of nitrogens with one attached hydrogen (secondary N) is 2. The van der Waals surface area contributed by atoms with Crippen molar-refractivity contribution in [2.45, 2.75) is 0 Å². The maximum atomic E-state index is 12.9. The van der Waals surface area contributed by atoms with Crippen LogP contribution in [0, 0.1) is 21.4 Å². The number of benzene rings is 4. The predicted octanol–water partition coefficient (Wildman–Crippen LogP) is 5.77. The fourth-order valence-corrected chi connectivity index (χ4v) is 4.21. The van der Waals surface area contributed by atoms with Crippen LogP contribution in [-0.4, -0.2) is 44.9 Å². The molecule has 0 heterocycles. The van der Waals surface area contributed by atoms with Gasteiger partial charge in [0.15, 0.2) is 0 Å². The average molecular weight is 549 g/mol. The Morgan fingerprint density at radius 1 is 0.756 bits per heavy atom. The number of nitriles is 1. The molecule has 0 spiro atoms. The van der Waals surface area contributed by atoms with Crippen LogP contribution in [-0.2, 0) is 0 Å². The third-order valence-electron chi connectivity index (χ3n) is 6.41. The first kappa shape index (κ1) is 28.3. The summed E-state index contributed by atoms with van der Waals surface area (Å²) in [4.78, 5) is 40.7. The van der Waals surface area contributed by atoms with E-state index in [1.54, 1.807) is 47.4 Å². The van der Waals surface area contributed by atoms with Gasteiger partial charge < -0.3 is 20.4 Å². The Hall–Kier alpha value is -5.69. The highest BCUT2D eigenvalue weighted by molar-refractivity contribution is 6.06. The minimum absolute atomic E-state index is 0.0897. The molecule has 0 bridgehead atoms. The standard InChI is InChI=1S/C31H28N6O4/c1-35(2)26-13-10-24(11-14-26)33-30(38)21-7-5-20(6-8-21)27-15-9-22(18-29(27)37(40)41)31(39)34-25-12-16-28(36(3)4)23(17-25)19-32/h5-18H,1-4H3,(H,33,38)(H,34,39). The van der Waals surface area contributed by atoms with Crippen LogP contribution in [0.15, 0.2) is 84.9 Å². The maximum absolute atomic E-state index is 12.9. The second kappa shape index (κ2) is 12.0. The quantitative estimate of drug-likeness (QED) is 0.211. The zero-order valence-electron chi connectivity index (χ0n) is 23.0. The lowest BCUT2D eigenvalue weighted by atomic mass is 10.00. The Balaban J connectivity index is 1.52. The van der Waals surface area contributed by atoms with Gasteiger partial charge in [-0.25, -0.2) is 0 Å². The summed E-state index contributed by atoms with van der Waals surface area (Å²) < 4.78 is 0. The maximum Gasteiger partial charge on any atom is 0.277 e. The van der Waals surface area contributed by atoms with Crippen LogP contribution in [0.1, 0.15) is 26.3 Å². The molecule has 0 saturated carbocycles. The highest BCUT2D eigenvalue weighted by atomic mass is 16.6. The largest absolute Gasteiger partial charge is 0.378 e. The summed E-state index contributed by atoms with van der Waals surface area (Å²) >= 11 is 0. The Labute approximate surface area is 237 Å². The first-order chi connectivity index (χ1) is 19.6. The molecule has 0 aromatic heterocycles. The number of anilines is 4. The van der Waals surface area contributed by atoms with Crippen molar-refractivity contribution in [3.8, 4) is 17.2 Å². The minimum atomic E-state index is -0.552. The van der Waals surface area contributed by atoms with Crippen LogP contribution in [0.2, 0.25) is 0 Å². The molecule has 10 heteroatoms. The Morgan fingerprint density at radius 2 is 1.34 bits per heavy atom. The second-order valence-electron chi connectivity index (χ2n) is 9.65. The summed E-state index contributed by atoms with van der Waals surface area (Å²) in [6.07, 6.45) is 0. The van der Waals surface area contributed by atoms with Crippen LogP contribution >= 0.6 is 0 Å². The van der Waals surface area contributed by atoms with Gasteiger partial charge in [0, 0.05) is 62.4 Å². The molecule has 0 aliphatic carbocycles. The van der Waals surface area contributed by atoms with Crippen molar-refractivity contribution in [3.05, 3.63) is 112 Å². The molecule has 0 radical (unpaired) electrons. The van der Waals surface area contributed by atoms with E-state index in [1.807, 2.05) is 57.4 Å². The molecular weight excluding hydrogens is 520 g/mol. The number of hydrogen-bond donors (Lipinski definition) is 2. The fourth-order valence-electron chi connectivity index (χ4n) is 4.21. The summed E-state index contributed by atoms with van der Waals surface area (Å²) in [5.74, 6) is -0.861. The molecule has 206 valence electrons. The van der Waals surface area contributed by atoms with Gasteiger partial charge in [0.1, 0.15) is 6.07 Å². The van der Waals surface area contributed by atoms with Crippen molar-refractivity contribution in [1.29, 1.82) is 5.26 Å². The summed E-state index contributed by atoms with van der Waals surface area (Å²) in [7, 11) is 7.48. The third kappa shape index (κ3) is 6.49. The Bertz CT molecular complexity index is 1660. The van der Waals surface area contributed by atoms with E-state index < -0.39 is 10.8 Å². The molecule has 0 fully saturated rings. The highest BCUT2D eigenvalue weighted by Gasteiger charge is 2.20. The van der Waals surface area contributed by atoms with Gasteiger partial charge in [-0.3, -0.25) is 19.7 Å². The molecule has 4 rings (SSSR count). The van der Waals surface area contributed by atoms with Gasteiger partial charge in [-0.2, -0.15) is 5.26 Å². The number of nitro groups is 1. The zero-order valence-corrected chi connectivity index (χ0v) is 23.0. The molecule has 2 N–H and O–H groups in total. The highest BCUT2D eigenvalue weighted by Crippen LogP contribution is 2.32. The molecule has 4 aromatic carbocycles. The van der Waals surface area contributed by atoms with Gasteiger partial charge in [-0.15, -0.1) is 0 Å². The number of amides is 2. The van der Waals surface area contributed by atoms with E-state index in [0.717, 1.165) is 5.69 Å². The van der Waals surface area contributed by atoms with Crippen LogP contribution < -0.4 is 20.4 Å². The molecule has 0 aliphatic heterocycles. The molecule has 2 amide bonds. The van der Waals surface area contributed by atoms with Gasteiger partial charge in [0.25, 0.3) is 17.5 Å². The van der Waals surface area contributed by atoms with Crippen molar-refractivity contribution >= 4 is 40.3 Å². The summed E-state index contributed by atoms with van der Waals surface area (Å²) in [5.41, 5.74) is 4.18. The molecule has 41 heavy (non-hydrogen) atoms. The normalized spacial score (nSPS) is 10.3. The monoisotopic (exact) mass is 548 g/mol. The minimum Gasteiger partial charge on any atom is -0.378 e. The van der Waals surface area contributed by atoms with E-state index in [9.17, 15) is 25.0 Å². The lowest BCUT2D eigenvalue weighted by molar-refractivity contribution is -0.384. The molecule has 4 aromatic rings. The number of nitrogens with zero attached hydrogens (tertiary/aromatic N) is 4. The smallest absolute Gasteiger partial charge is 0.277 e. The van der Waals surface area contributed by atoms with E-state index in [2.05, 4.69) is 16.7 Å². The summed E-state index contributed by atoms with van der Waals surface area (Å²) in [5, 5.41) is 26.9. The predicted molar refractivity (Wildman–Crippen MR) is 161 cm³/mol.